The summed E-state index contributed by atoms with van der Waals surface area (Å²) in [4.78, 5) is 16.1. The molecule has 0 aliphatic carbocycles. The van der Waals surface area contributed by atoms with E-state index in [2.05, 4.69) is 37.2 Å². The van der Waals surface area contributed by atoms with Gasteiger partial charge in [0.05, 0.1) is 0 Å². The molecule has 2 rings (SSSR count). The molecule has 1 heterocycles. The molecule has 0 N–H and O–H groups in total. The number of carbonyl (C=O) groups is 1. The van der Waals surface area contributed by atoms with Gasteiger partial charge in [-0.1, -0.05) is 18.2 Å². The van der Waals surface area contributed by atoms with Crippen LogP contribution in [0.2, 0.25) is 0 Å². The lowest BCUT2D eigenvalue weighted by atomic mass is 9.97. The van der Waals surface area contributed by atoms with E-state index in [0.717, 1.165) is 19.5 Å². The first-order chi connectivity index (χ1) is 9.74. The second-order valence-corrected chi connectivity index (χ2v) is 6.99. The number of fused-ring (bicyclic) bond motifs is 1. The van der Waals surface area contributed by atoms with Crippen molar-refractivity contribution in [1.29, 1.82) is 0 Å². The Morgan fingerprint density at radius 2 is 2.00 bits per heavy atom. The predicted molar refractivity (Wildman–Crippen MR) is 84.2 cm³/mol. The third-order valence-electron chi connectivity index (χ3n) is 3.43. The van der Waals surface area contributed by atoms with Crippen LogP contribution >= 0.6 is 0 Å². The summed E-state index contributed by atoms with van der Waals surface area (Å²) in [6, 6.07) is 6.59. The minimum atomic E-state index is -0.440. The first-order valence-corrected chi connectivity index (χ1v) is 7.48. The van der Waals surface area contributed by atoms with Crippen molar-refractivity contribution in [1.82, 2.24) is 9.80 Å². The van der Waals surface area contributed by atoms with Crippen LogP contribution in [0.3, 0.4) is 0 Å². The van der Waals surface area contributed by atoms with E-state index in [1.165, 1.54) is 16.7 Å². The van der Waals surface area contributed by atoms with Crippen LogP contribution < -0.4 is 0 Å². The molecule has 0 atom stereocenters. The normalized spacial score (nSPS) is 15.0. The van der Waals surface area contributed by atoms with Crippen molar-refractivity contribution in [2.45, 2.75) is 45.9 Å². The third kappa shape index (κ3) is 4.46. The summed E-state index contributed by atoms with van der Waals surface area (Å²) in [6.45, 7) is 7.99. The SMILES string of the molecule is CN(C)Cc1ccc2c(c1)CN(C(=O)OC(C)(C)C)CC2. The molecule has 4 nitrogen and oxygen atoms in total. The zero-order chi connectivity index (χ0) is 15.6. The monoisotopic (exact) mass is 290 g/mol. The van der Waals surface area contributed by atoms with Gasteiger partial charge in [-0.25, -0.2) is 4.79 Å². The zero-order valence-corrected chi connectivity index (χ0v) is 13.8. The summed E-state index contributed by atoms with van der Waals surface area (Å²) in [7, 11) is 4.12. The van der Waals surface area contributed by atoms with Crippen LogP contribution in [-0.2, 0) is 24.2 Å². The predicted octanol–water partition coefficient (Wildman–Crippen LogP) is 3.04. The maximum absolute atomic E-state index is 12.2. The van der Waals surface area contributed by atoms with Crippen LogP contribution in [0.1, 0.15) is 37.5 Å². The number of amides is 1. The minimum absolute atomic E-state index is 0.217. The summed E-state index contributed by atoms with van der Waals surface area (Å²) < 4.78 is 5.47. The Kier molecular flexibility index (Phi) is 4.57. The molecular formula is C17H26N2O2. The molecule has 0 unspecified atom stereocenters. The molecule has 0 fully saturated rings. The molecule has 4 heteroatoms. The Labute approximate surface area is 127 Å². The standard InChI is InChI=1S/C17H26N2O2/c1-17(2,3)21-16(20)19-9-8-14-7-6-13(11-18(4)5)10-15(14)12-19/h6-7,10H,8-9,11-12H2,1-5H3. The second kappa shape index (κ2) is 6.06. The summed E-state index contributed by atoms with van der Waals surface area (Å²) in [5.41, 5.74) is 3.43. The number of hydrogen-bond donors (Lipinski definition) is 0. The van der Waals surface area contributed by atoms with Crippen LogP contribution in [0, 0.1) is 0 Å². The van der Waals surface area contributed by atoms with Crippen molar-refractivity contribution in [2.24, 2.45) is 0 Å². The maximum Gasteiger partial charge on any atom is 0.410 e. The fourth-order valence-corrected chi connectivity index (χ4v) is 2.56. The van der Waals surface area contributed by atoms with E-state index < -0.39 is 5.60 Å². The lowest BCUT2D eigenvalue weighted by Gasteiger charge is -2.31. The molecule has 0 aromatic heterocycles. The molecule has 0 saturated carbocycles. The number of hydrogen-bond acceptors (Lipinski definition) is 3. The van der Waals surface area contributed by atoms with Gasteiger partial charge in [0.25, 0.3) is 0 Å². The summed E-state index contributed by atoms with van der Waals surface area (Å²) >= 11 is 0. The first-order valence-electron chi connectivity index (χ1n) is 7.48. The average molecular weight is 290 g/mol. The smallest absolute Gasteiger partial charge is 0.410 e. The second-order valence-electron chi connectivity index (χ2n) is 6.99. The van der Waals surface area contributed by atoms with E-state index in [-0.39, 0.29) is 6.09 Å². The number of carbonyl (C=O) groups excluding carboxylic acids is 1. The van der Waals surface area contributed by atoms with E-state index in [1.807, 2.05) is 20.8 Å². The molecule has 1 amide bonds. The van der Waals surface area contributed by atoms with E-state index >= 15 is 0 Å². The van der Waals surface area contributed by atoms with Gasteiger partial charge in [0.1, 0.15) is 5.60 Å². The van der Waals surface area contributed by atoms with E-state index in [1.54, 1.807) is 4.90 Å². The highest BCUT2D eigenvalue weighted by atomic mass is 16.6. The van der Waals surface area contributed by atoms with Crippen molar-refractivity contribution >= 4 is 6.09 Å². The van der Waals surface area contributed by atoms with E-state index in [4.69, 9.17) is 4.74 Å². The van der Waals surface area contributed by atoms with Gasteiger partial charge in [0, 0.05) is 19.6 Å². The van der Waals surface area contributed by atoms with Crippen molar-refractivity contribution in [3.63, 3.8) is 0 Å². The lowest BCUT2D eigenvalue weighted by molar-refractivity contribution is 0.0224. The van der Waals surface area contributed by atoms with Gasteiger partial charge < -0.3 is 14.5 Å². The molecule has 1 aliphatic heterocycles. The Morgan fingerprint density at radius 1 is 1.29 bits per heavy atom. The minimum Gasteiger partial charge on any atom is -0.444 e. The number of rotatable bonds is 2. The first kappa shape index (κ1) is 15.8. The van der Waals surface area contributed by atoms with Crippen LogP contribution in [0.4, 0.5) is 4.79 Å². The molecule has 21 heavy (non-hydrogen) atoms. The van der Waals surface area contributed by atoms with Crippen molar-refractivity contribution < 1.29 is 9.53 Å². The van der Waals surface area contributed by atoms with Gasteiger partial charge >= 0.3 is 6.09 Å². The summed E-state index contributed by atoms with van der Waals surface area (Å²) in [5.74, 6) is 0. The topological polar surface area (TPSA) is 32.8 Å². The molecule has 0 radical (unpaired) electrons. The molecule has 1 aromatic carbocycles. The molecule has 0 spiro atoms. The fraction of sp³-hybridized carbons (Fsp3) is 0.588. The zero-order valence-electron chi connectivity index (χ0n) is 13.8. The Morgan fingerprint density at radius 3 is 2.62 bits per heavy atom. The number of ether oxygens (including phenoxy) is 1. The van der Waals surface area contributed by atoms with Gasteiger partial charge in [0.2, 0.25) is 0 Å². The highest BCUT2D eigenvalue weighted by Gasteiger charge is 2.25. The maximum atomic E-state index is 12.2. The van der Waals surface area contributed by atoms with Crippen LogP contribution in [0.25, 0.3) is 0 Å². The summed E-state index contributed by atoms with van der Waals surface area (Å²) in [5, 5.41) is 0. The summed E-state index contributed by atoms with van der Waals surface area (Å²) in [6.07, 6.45) is 0.683. The highest BCUT2D eigenvalue weighted by Crippen LogP contribution is 2.22. The Balaban J connectivity index is 2.09. The fourth-order valence-electron chi connectivity index (χ4n) is 2.56. The van der Waals surface area contributed by atoms with E-state index in [9.17, 15) is 4.79 Å². The molecule has 1 aromatic rings. The van der Waals surface area contributed by atoms with Crippen molar-refractivity contribution in [2.75, 3.05) is 20.6 Å². The average Bonchev–Trinajstić information content (AvgIpc) is 2.35. The Bertz CT molecular complexity index is 518. The molecule has 0 saturated heterocycles. The molecule has 116 valence electrons. The van der Waals surface area contributed by atoms with Gasteiger partial charge in [-0.05, 0) is 58.0 Å². The van der Waals surface area contributed by atoms with Crippen molar-refractivity contribution in [3.05, 3.63) is 34.9 Å². The van der Waals surface area contributed by atoms with Gasteiger partial charge in [-0.15, -0.1) is 0 Å². The molecule has 0 bridgehead atoms. The van der Waals surface area contributed by atoms with Crippen LogP contribution in [0.15, 0.2) is 18.2 Å². The number of benzene rings is 1. The Hall–Kier alpha value is -1.55. The van der Waals surface area contributed by atoms with Gasteiger partial charge in [-0.2, -0.15) is 0 Å². The van der Waals surface area contributed by atoms with Gasteiger partial charge in [0.15, 0.2) is 0 Å². The molecule has 1 aliphatic rings. The molecular weight excluding hydrogens is 264 g/mol. The van der Waals surface area contributed by atoms with E-state index in [0.29, 0.717) is 6.54 Å². The van der Waals surface area contributed by atoms with Crippen LogP contribution in [0.5, 0.6) is 0 Å². The van der Waals surface area contributed by atoms with Crippen LogP contribution in [-0.4, -0.2) is 42.1 Å². The van der Waals surface area contributed by atoms with Gasteiger partial charge in [-0.3, -0.25) is 0 Å². The van der Waals surface area contributed by atoms with Crippen molar-refractivity contribution in [3.8, 4) is 0 Å². The largest absolute Gasteiger partial charge is 0.444 e. The quantitative estimate of drug-likeness (QED) is 0.839. The third-order valence-corrected chi connectivity index (χ3v) is 3.43. The number of nitrogens with zero attached hydrogens (tertiary/aromatic N) is 2. The lowest BCUT2D eigenvalue weighted by Crippen LogP contribution is -2.39. The highest BCUT2D eigenvalue weighted by molar-refractivity contribution is 5.68.